The Bertz CT molecular complexity index is 858. The van der Waals surface area contributed by atoms with Gasteiger partial charge in [0.15, 0.2) is 6.61 Å². The van der Waals surface area contributed by atoms with Crippen LogP contribution in [0.1, 0.15) is 42.3 Å². The quantitative estimate of drug-likeness (QED) is 0.736. The Morgan fingerprint density at radius 1 is 1.07 bits per heavy atom. The second-order valence-corrected chi connectivity index (χ2v) is 9.10. The molecule has 1 atom stereocenters. The number of ether oxygens (including phenoxy) is 1. The Hall–Kier alpha value is -2.34. The third-order valence-electron chi connectivity index (χ3n) is 5.72. The van der Waals surface area contributed by atoms with E-state index in [1.807, 2.05) is 46.2 Å². The molecule has 2 aliphatic heterocycles. The molecule has 2 saturated heterocycles. The van der Waals surface area contributed by atoms with Crippen LogP contribution in [0.3, 0.4) is 0 Å². The fraction of sp³-hybridized carbons (Fsp3) is 0.478. The van der Waals surface area contributed by atoms with E-state index >= 15 is 0 Å². The van der Waals surface area contributed by atoms with Crippen molar-refractivity contribution in [1.82, 2.24) is 9.80 Å². The van der Waals surface area contributed by atoms with Crippen LogP contribution >= 0.6 is 11.3 Å². The maximum atomic E-state index is 13.2. The number of hydrogen-bond acceptors (Lipinski definition) is 4. The average Bonchev–Trinajstić information content (AvgIpc) is 3.39. The van der Waals surface area contributed by atoms with E-state index in [0.717, 1.165) is 55.9 Å². The molecule has 0 saturated carbocycles. The first-order valence-corrected chi connectivity index (χ1v) is 11.3. The standard InChI is InChI=1S/C23H28N2O3S/c1-17-10-13-25(15-17)23(27)22-19(14-20(29-22)18-8-4-2-5-9-18)28-16-21(26)24-11-6-3-7-12-24/h2,4-5,8-9,14,17H,3,6-7,10-13,15-16H2,1H3. The van der Waals surface area contributed by atoms with E-state index in [2.05, 4.69) is 6.92 Å². The van der Waals surface area contributed by atoms with Crippen LogP contribution in [0.15, 0.2) is 36.4 Å². The number of nitrogens with zero attached hydrogens (tertiary/aromatic N) is 2. The fourth-order valence-corrected chi connectivity index (χ4v) is 5.09. The minimum atomic E-state index is -0.0123. The van der Waals surface area contributed by atoms with Crippen molar-refractivity contribution < 1.29 is 14.3 Å². The van der Waals surface area contributed by atoms with Crippen LogP contribution in [0.25, 0.3) is 10.4 Å². The molecule has 154 valence electrons. The number of likely N-dealkylation sites (tertiary alicyclic amines) is 2. The van der Waals surface area contributed by atoms with Gasteiger partial charge in [0.2, 0.25) is 0 Å². The van der Waals surface area contributed by atoms with Gasteiger partial charge in [-0.3, -0.25) is 9.59 Å². The van der Waals surface area contributed by atoms with Gasteiger partial charge >= 0.3 is 0 Å². The van der Waals surface area contributed by atoms with E-state index in [1.165, 1.54) is 17.8 Å². The smallest absolute Gasteiger partial charge is 0.267 e. The number of piperidine rings is 1. The van der Waals surface area contributed by atoms with Gasteiger partial charge < -0.3 is 14.5 Å². The molecule has 6 heteroatoms. The SMILES string of the molecule is CC1CCN(C(=O)c2sc(-c3ccccc3)cc2OCC(=O)N2CCCCC2)C1. The van der Waals surface area contributed by atoms with Crippen LogP contribution in [0.2, 0.25) is 0 Å². The lowest BCUT2D eigenvalue weighted by molar-refractivity contribution is -0.134. The Morgan fingerprint density at radius 3 is 2.52 bits per heavy atom. The average molecular weight is 413 g/mol. The summed E-state index contributed by atoms with van der Waals surface area (Å²) in [6, 6.07) is 11.9. The second kappa shape index (κ2) is 8.99. The highest BCUT2D eigenvalue weighted by atomic mass is 32.1. The molecule has 0 spiro atoms. The molecule has 0 N–H and O–H groups in total. The molecule has 2 aliphatic rings. The summed E-state index contributed by atoms with van der Waals surface area (Å²) in [5.74, 6) is 1.08. The fourth-order valence-electron chi connectivity index (χ4n) is 4.01. The lowest BCUT2D eigenvalue weighted by Gasteiger charge is -2.26. The maximum Gasteiger partial charge on any atom is 0.267 e. The highest BCUT2D eigenvalue weighted by Crippen LogP contribution is 2.38. The molecule has 0 radical (unpaired) electrons. The van der Waals surface area contributed by atoms with E-state index in [-0.39, 0.29) is 18.4 Å². The largest absolute Gasteiger partial charge is 0.482 e. The monoisotopic (exact) mass is 412 g/mol. The van der Waals surface area contributed by atoms with Gasteiger partial charge in [0.1, 0.15) is 10.6 Å². The van der Waals surface area contributed by atoms with Crippen LogP contribution in [0, 0.1) is 5.92 Å². The summed E-state index contributed by atoms with van der Waals surface area (Å²) >= 11 is 1.45. The summed E-state index contributed by atoms with van der Waals surface area (Å²) in [7, 11) is 0. The van der Waals surface area contributed by atoms with E-state index in [4.69, 9.17) is 4.74 Å². The van der Waals surface area contributed by atoms with Crippen molar-refractivity contribution in [2.75, 3.05) is 32.8 Å². The predicted molar refractivity (Wildman–Crippen MR) is 115 cm³/mol. The molecular formula is C23H28N2O3S. The summed E-state index contributed by atoms with van der Waals surface area (Å²) in [4.78, 5) is 31.1. The van der Waals surface area contributed by atoms with Gasteiger partial charge in [0.05, 0.1) is 0 Å². The molecule has 1 aromatic carbocycles. The first-order valence-electron chi connectivity index (χ1n) is 10.5. The van der Waals surface area contributed by atoms with Crippen molar-refractivity contribution in [2.24, 2.45) is 5.92 Å². The van der Waals surface area contributed by atoms with Crippen LogP contribution in [-0.2, 0) is 4.79 Å². The van der Waals surface area contributed by atoms with Crippen molar-refractivity contribution in [3.8, 4) is 16.2 Å². The van der Waals surface area contributed by atoms with Gasteiger partial charge in [-0.05, 0) is 43.2 Å². The Balaban J connectivity index is 1.54. The summed E-state index contributed by atoms with van der Waals surface area (Å²) < 4.78 is 5.93. The predicted octanol–water partition coefficient (Wildman–Crippen LogP) is 4.29. The Morgan fingerprint density at radius 2 is 1.83 bits per heavy atom. The minimum Gasteiger partial charge on any atom is -0.482 e. The molecule has 1 aromatic heterocycles. The third kappa shape index (κ3) is 4.64. The molecule has 1 unspecified atom stereocenters. The third-order valence-corrected chi connectivity index (χ3v) is 6.87. The van der Waals surface area contributed by atoms with Crippen molar-refractivity contribution in [2.45, 2.75) is 32.6 Å². The molecule has 4 rings (SSSR count). The van der Waals surface area contributed by atoms with Gasteiger partial charge in [-0.1, -0.05) is 37.3 Å². The van der Waals surface area contributed by atoms with Crippen LogP contribution in [-0.4, -0.2) is 54.4 Å². The van der Waals surface area contributed by atoms with Gasteiger partial charge in [-0.2, -0.15) is 0 Å². The zero-order chi connectivity index (χ0) is 20.2. The Kier molecular flexibility index (Phi) is 6.19. The molecule has 5 nitrogen and oxygen atoms in total. The summed E-state index contributed by atoms with van der Waals surface area (Å²) in [6.07, 6.45) is 4.33. The van der Waals surface area contributed by atoms with Crippen molar-refractivity contribution in [3.63, 3.8) is 0 Å². The van der Waals surface area contributed by atoms with Gasteiger partial charge in [0.25, 0.3) is 11.8 Å². The van der Waals surface area contributed by atoms with Crippen LogP contribution in [0.5, 0.6) is 5.75 Å². The lowest BCUT2D eigenvalue weighted by atomic mass is 10.1. The molecule has 0 bridgehead atoms. The molecule has 29 heavy (non-hydrogen) atoms. The highest BCUT2D eigenvalue weighted by molar-refractivity contribution is 7.17. The van der Waals surface area contributed by atoms with Gasteiger partial charge in [-0.15, -0.1) is 11.3 Å². The molecule has 2 fully saturated rings. The molecule has 2 amide bonds. The Labute approximate surface area is 176 Å². The second-order valence-electron chi connectivity index (χ2n) is 8.05. The number of rotatable bonds is 5. The lowest BCUT2D eigenvalue weighted by Crippen LogP contribution is -2.38. The molecule has 3 heterocycles. The first kappa shape index (κ1) is 20.0. The van der Waals surface area contributed by atoms with E-state index < -0.39 is 0 Å². The topological polar surface area (TPSA) is 49.9 Å². The summed E-state index contributed by atoms with van der Waals surface area (Å²) in [6.45, 7) is 5.33. The summed E-state index contributed by atoms with van der Waals surface area (Å²) in [5.41, 5.74) is 1.05. The number of carbonyl (C=O) groups excluding carboxylic acids is 2. The number of amides is 2. The van der Waals surface area contributed by atoms with E-state index in [0.29, 0.717) is 16.5 Å². The van der Waals surface area contributed by atoms with Crippen molar-refractivity contribution >= 4 is 23.2 Å². The van der Waals surface area contributed by atoms with Crippen LogP contribution < -0.4 is 4.74 Å². The number of benzene rings is 1. The van der Waals surface area contributed by atoms with Crippen molar-refractivity contribution in [3.05, 3.63) is 41.3 Å². The normalized spacial score (nSPS) is 19.4. The number of carbonyl (C=O) groups is 2. The first-order chi connectivity index (χ1) is 14.1. The van der Waals surface area contributed by atoms with Gasteiger partial charge in [-0.25, -0.2) is 0 Å². The molecule has 0 aliphatic carbocycles. The minimum absolute atomic E-state index is 0.00496. The zero-order valence-corrected chi connectivity index (χ0v) is 17.7. The molecule has 2 aromatic rings. The van der Waals surface area contributed by atoms with Crippen LogP contribution in [0.4, 0.5) is 0 Å². The zero-order valence-electron chi connectivity index (χ0n) is 16.9. The van der Waals surface area contributed by atoms with Gasteiger partial charge in [0, 0.05) is 31.1 Å². The highest BCUT2D eigenvalue weighted by Gasteiger charge is 2.29. The maximum absolute atomic E-state index is 13.2. The van der Waals surface area contributed by atoms with Crippen molar-refractivity contribution in [1.29, 1.82) is 0 Å². The van der Waals surface area contributed by atoms with E-state index in [1.54, 1.807) is 0 Å². The number of hydrogen-bond donors (Lipinski definition) is 0. The van der Waals surface area contributed by atoms with E-state index in [9.17, 15) is 9.59 Å². The summed E-state index contributed by atoms with van der Waals surface area (Å²) in [5, 5.41) is 0. The number of thiophene rings is 1. The molecular weight excluding hydrogens is 384 g/mol.